The van der Waals surface area contributed by atoms with Gasteiger partial charge in [0.1, 0.15) is 17.2 Å². The summed E-state index contributed by atoms with van der Waals surface area (Å²) in [6.07, 6.45) is 40.6. The standard InChI is InChI=1S/C54H105N5O7/c1-9-11-13-15-17-19-21-23-25-27-29-31-33-35-37-40-46(41-38-36-34-32-30-28-26-24-22-20-18-16-14-12-10-2)58-49(61)45-56-48(60)44-57-50(62)47(59-52(64)66-54(6,7)8)42-39-43-55-51(63)65-53(3,4)5/h46-47H,9-45H2,1-8H3,(H,55,63)(H,56,60)(H,57,62)(H,58,61)(H,59,64)/t47-/m0/s1. The van der Waals surface area contributed by atoms with Crippen molar-refractivity contribution in [2.24, 2.45) is 0 Å². The molecule has 66 heavy (non-hydrogen) atoms. The molecule has 0 saturated heterocycles. The molecule has 0 spiro atoms. The molecule has 388 valence electrons. The average Bonchev–Trinajstić information content (AvgIpc) is 3.24. The van der Waals surface area contributed by atoms with Crippen LogP contribution in [0.15, 0.2) is 0 Å². The zero-order valence-corrected chi connectivity index (χ0v) is 44.2. The van der Waals surface area contributed by atoms with Gasteiger partial charge in [-0.1, -0.05) is 206 Å². The number of unbranched alkanes of at least 4 members (excludes halogenated alkanes) is 28. The minimum Gasteiger partial charge on any atom is -0.444 e. The maximum Gasteiger partial charge on any atom is 0.408 e. The van der Waals surface area contributed by atoms with Crippen molar-refractivity contribution >= 4 is 29.9 Å². The van der Waals surface area contributed by atoms with Crippen molar-refractivity contribution < 1.29 is 33.4 Å². The number of carbonyl (C=O) groups is 5. The van der Waals surface area contributed by atoms with Crippen LogP contribution < -0.4 is 26.6 Å². The lowest BCUT2D eigenvalue weighted by Crippen LogP contribution is -2.51. The first kappa shape index (κ1) is 63.0. The van der Waals surface area contributed by atoms with E-state index in [9.17, 15) is 24.0 Å². The molecule has 0 rings (SSSR count). The summed E-state index contributed by atoms with van der Waals surface area (Å²) in [5, 5.41) is 13.6. The molecule has 0 heterocycles. The fourth-order valence-corrected chi connectivity index (χ4v) is 8.15. The molecule has 12 heteroatoms. The van der Waals surface area contributed by atoms with Crippen LogP contribution in [0, 0.1) is 0 Å². The molecule has 0 aliphatic heterocycles. The number of alkyl carbamates (subject to hydrolysis) is 2. The van der Waals surface area contributed by atoms with E-state index in [1.165, 1.54) is 180 Å². The number of hydrogen-bond donors (Lipinski definition) is 5. The molecule has 1 atom stereocenters. The molecule has 12 nitrogen and oxygen atoms in total. The molecule has 0 radical (unpaired) electrons. The van der Waals surface area contributed by atoms with Gasteiger partial charge in [-0.05, 0) is 67.2 Å². The SMILES string of the molecule is CCCCCCCCCCCCCCCCCC(CCCCCCCCCCCCCCCCC)NC(=O)CNC(=O)CNC(=O)[C@H](CCCNC(=O)OC(C)(C)C)NC(=O)OC(C)(C)C. The van der Waals surface area contributed by atoms with Crippen LogP contribution in [0.3, 0.4) is 0 Å². The predicted octanol–water partition coefficient (Wildman–Crippen LogP) is 13.4. The van der Waals surface area contributed by atoms with Gasteiger partial charge in [-0.2, -0.15) is 0 Å². The molecular formula is C54H105N5O7. The van der Waals surface area contributed by atoms with E-state index in [4.69, 9.17) is 9.47 Å². The first-order valence-electron chi connectivity index (χ1n) is 27.4. The van der Waals surface area contributed by atoms with E-state index in [0.29, 0.717) is 6.42 Å². The van der Waals surface area contributed by atoms with Crippen molar-refractivity contribution in [1.82, 2.24) is 26.6 Å². The Morgan fingerprint density at radius 1 is 0.379 bits per heavy atom. The van der Waals surface area contributed by atoms with E-state index in [-0.39, 0.29) is 38.0 Å². The molecule has 0 saturated carbocycles. The Morgan fingerprint density at radius 2 is 0.727 bits per heavy atom. The van der Waals surface area contributed by atoms with Crippen molar-refractivity contribution in [2.75, 3.05) is 19.6 Å². The second-order valence-electron chi connectivity index (χ2n) is 21.0. The maximum atomic E-state index is 13.2. The van der Waals surface area contributed by atoms with Gasteiger partial charge in [-0.25, -0.2) is 9.59 Å². The second-order valence-corrected chi connectivity index (χ2v) is 21.0. The highest BCUT2D eigenvalue weighted by molar-refractivity contribution is 5.91. The van der Waals surface area contributed by atoms with Crippen molar-refractivity contribution in [3.63, 3.8) is 0 Å². The fraction of sp³-hybridized carbons (Fsp3) is 0.907. The summed E-state index contributed by atoms with van der Waals surface area (Å²) in [5.41, 5.74) is -1.43. The van der Waals surface area contributed by atoms with Crippen molar-refractivity contribution in [1.29, 1.82) is 0 Å². The molecule has 0 aliphatic carbocycles. The molecule has 0 fully saturated rings. The average molecular weight is 936 g/mol. The van der Waals surface area contributed by atoms with E-state index in [2.05, 4.69) is 40.4 Å². The zero-order chi connectivity index (χ0) is 49.2. The first-order valence-corrected chi connectivity index (χ1v) is 27.4. The summed E-state index contributed by atoms with van der Waals surface area (Å²) >= 11 is 0. The smallest absolute Gasteiger partial charge is 0.408 e. The third-order valence-electron chi connectivity index (χ3n) is 11.9. The third kappa shape index (κ3) is 44.8. The minimum absolute atomic E-state index is 0.0718. The highest BCUT2D eigenvalue weighted by atomic mass is 16.6. The number of nitrogens with one attached hydrogen (secondary N) is 5. The van der Waals surface area contributed by atoms with Crippen LogP contribution in [0.4, 0.5) is 9.59 Å². The van der Waals surface area contributed by atoms with E-state index in [1.807, 2.05) is 0 Å². The Morgan fingerprint density at radius 3 is 1.11 bits per heavy atom. The van der Waals surface area contributed by atoms with Crippen LogP contribution >= 0.6 is 0 Å². The Kier molecular flexibility index (Phi) is 40.1. The Balaban J connectivity index is 4.85. The van der Waals surface area contributed by atoms with E-state index < -0.39 is 41.2 Å². The first-order chi connectivity index (χ1) is 31.6. The van der Waals surface area contributed by atoms with Crippen LogP contribution in [-0.4, -0.2) is 72.8 Å². The molecular weight excluding hydrogens is 831 g/mol. The number of hydrogen-bond acceptors (Lipinski definition) is 7. The van der Waals surface area contributed by atoms with Gasteiger partial charge in [0.05, 0.1) is 13.1 Å². The summed E-state index contributed by atoms with van der Waals surface area (Å²) < 4.78 is 10.6. The van der Waals surface area contributed by atoms with Crippen molar-refractivity contribution in [2.45, 2.75) is 297 Å². The highest BCUT2D eigenvalue weighted by Crippen LogP contribution is 2.18. The number of amides is 5. The third-order valence-corrected chi connectivity index (χ3v) is 11.9. The predicted molar refractivity (Wildman–Crippen MR) is 274 cm³/mol. The number of rotatable bonds is 43. The lowest BCUT2D eigenvalue weighted by molar-refractivity contribution is -0.128. The molecule has 5 N–H and O–H groups in total. The molecule has 0 unspecified atom stereocenters. The summed E-state index contributed by atoms with van der Waals surface area (Å²) in [4.78, 5) is 63.7. The maximum absolute atomic E-state index is 13.2. The van der Waals surface area contributed by atoms with Crippen LogP contribution in [0.1, 0.15) is 274 Å². The summed E-state index contributed by atoms with van der Waals surface area (Å²) in [6, 6.07) is -0.945. The molecule has 0 aromatic carbocycles. The Hall–Kier alpha value is -3.05. The van der Waals surface area contributed by atoms with Gasteiger partial charge in [-0.3, -0.25) is 14.4 Å². The largest absolute Gasteiger partial charge is 0.444 e. The monoisotopic (exact) mass is 936 g/mol. The normalized spacial score (nSPS) is 12.1. The molecule has 0 aromatic heterocycles. The van der Waals surface area contributed by atoms with Gasteiger partial charge in [0.25, 0.3) is 0 Å². The number of ether oxygens (including phenoxy) is 2. The van der Waals surface area contributed by atoms with E-state index in [1.54, 1.807) is 41.5 Å². The fourth-order valence-electron chi connectivity index (χ4n) is 8.15. The summed E-state index contributed by atoms with van der Waals surface area (Å²) in [6.45, 7) is 14.7. The quantitative estimate of drug-likeness (QED) is 0.0380. The van der Waals surface area contributed by atoms with Crippen LogP contribution in [0.2, 0.25) is 0 Å². The van der Waals surface area contributed by atoms with Gasteiger partial charge in [0, 0.05) is 12.6 Å². The summed E-state index contributed by atoms with van der Waals surface area (Å²) in [5.74, 6) is -1.32. The topological polar surface area (TPSA) is 164 Å². The van der Waals surface area contributed by atoms with Crippen molar-refractivity contribution in [3.05, 3.63) is 0 Å². The molecule has 0 aliphatic rings. The van der Waals surface area contributed by atoms with Crippen LogP contribution in [-0.2, 0) is 23.9 Å². The highest BCUT2D eigenvalue weighted by Gasteiger charge is 2.25. The Bertz CT molecular complexity index is 1180. The second kappa shape index (κ2) is 42.1. The molecule has 0 aromatic rings. The van der Waals surface area contributed by atoms with Crippen LogP contribution in [0.5, 0.6) is 0 Å². The minimum atomic E-state index is -1.02. The molecule has 5 amide bonds. The van der Waals surface area contributed by atoms with Gasteiger partial charge in [0.15, 0.2) is 0 Å². The van der Waals surface area contributed by atoms with E-state index >= 15 is 0 Å². The van der Waals surface area contributed by atoms with Gasteiger partial charge in [-0.15, -0.1) is 0 Å². The lowest BCUT2D eigenvalue weighted by Gasteiger charge is -2.23. The van der Waals surface area contributed by atoms with Gasteiger partial charge in [0.2, 0.25) is 17.7 Å². The number of carbonyl (C=O) groups excluding carboxylic acids is 5. The van der Waals surface area contributed by atoms with Gasteiger partial charge < -0.3 is 36.1 Å². The lowest BCUT2D eigenvalue weighted by atomic mass is 9.99. The van der Waals surface area contributed by atoms with Crippen LogP contribution in [0.25, 0.3) is 0 Å². The zero-order valence-electron chi connectivity index (χ0n) is 44.2. The molecule has 0 bridgehead atoms. The Labute approximate surface area is 405 Å². The van der Waals surface area contributed by atoms with E-state index in [0.717, 1.165) is 25.7 Å². The van der Waals surface area contributed by atoms with Crippen molar-refractivity contribution in [3.8, 4) is 0 Å². The summed E-state index contributed by atoms with van der Waals surface area (Å²) in [7, 11) is 0. The van der Waals surface area contributed by atoms with Gasteiger partial charge >= 0.3 is 12.2 Å².